The zero-order valence-electron chi connectivity index (χ0n) is 9.50. The highest BCUT2D eigenvalue weighted by Crippen LogP contribution is 2.24. The summed E-state index contributed by atoms with van der Waals surface area (Å²) in [6, 6.07) is -0.455. The van der Waals surface area contributed by atoms with Gasteiger partial charge in [0.05, 0.1) is 6.42 Å². The number of hydrogen-bond donors (Lipinski definition) is 1. The standard InChI is InChI=1S/C10H20F3N/c1-7(6-10(11,12)13)14-8(2)9(3,4)5/h7-8,14H,6H2,1-5H3. The normalized spacial score (nSPS) is 18.0. The molecule has 14 heavy (non-hydrogen) atoms. The first-order valence-corrected chi connectivity index (χ1v) is 4.85. The summed E-state index contributed by atoms with van der Waals surface area (Å²) in [7, 11) is 0. The molecule has 0 aromatic rings. The SMILES string of the molecule is CC(CC(F)(F)F)NC(C)C(C)(C)C. The Balaban J connectivity index is 4.01. The van der Waals surface area contributed by atoms with Crippen molar-refractivity contribution in [3.05, 3.63) is 0 Å². The van der Waals surface area contributed by atoms with Crippen LogP contribution in [0.15, 0.2) is 0 Å². The van der Waals surface area contributed by atoms with Crippen molar-refractivity contribution in [2.75, 3.05) is 0 Å². The van der Waals surface area contributed by atoms with Crippen molar-refractivity contribution in [2.24, 2.45) is 5.41 Å². The number of nitrogens with one attached hydrogen (secondary N) is 1. The lowest BCUT2D eigenvalue weighted by atomic mass is 9.87. The summed E-state index contributed by atoms with van der Waals surface area (Å²) in [5.74, 6) is 0. The van der Waals surface area contributed by atoms with E-state index in [4.69, 9.17) is 0 Å². The van der Waals surface area contributed by atoms with Crippen molar-refractivity contribution in [1.82, 2.24) is 5.32 Å². The van der Waals surface area contributed by atoms with Crippen molar-refractivity contribution in [2.45, 2.75) is 59.3 Å². The second-order valence-electron chi connectivity index (χ2n) is 4.97. The minimum Gasteiger partial charge on any atom is -0.311 e. The Labute approximate surface area is 84.1 Å². The van der Waals surface area contributed by atoms with Gasteiger partial charge in [-0.25, -0.2) is 0 Å². The molecule has 1 nitrogen and oxygen atoms in total. The third-order valence-corrected chi connectivity index (χ3v) is 2.37. The molecule has 2 unspecified atom stereocenters. The molecular weight excluding hydrogens is 191 g/mol. The molecule has 0 heterocycles. The van der Waals surface area contributed by atoms with Gasteiger partial charge in [-0.1, -0.05) is 20.8 Å². The summed E-state index contributed by atoms with van der Waals surface area (Å²) in [6.45, 7) is 9.49. The van der Waals surface area contributed by atoms with Gasteiger partial charge in [0.15, 0.2) is 0 Å². The van der Waals surface area contributed by atoms with Crippen LogP contribution in [0.25, 0.3) is 0 Å². The Kier molecular flexibility index (Phi) is 4.43. The van der Waals surface area contributed by atoms with Gasteiger partial charge in [0.1, 0.15) is 0 Å². The van der Waals surface area contributed by atoms with E-state index in [0.717, 1.165) is 0 Å². The van der Waals surface area contributed by atoms with Crippen molar-refractivity contribution in [3.63, 3.8) is 0 Å². The molecule has 0 aliphatic rings. The third-order valence-electron chi connectivity index (χ3n) is 2.37. The average molecular weight is 211 g/mol. The highest BCUT2D eigenvalue weighted by atomic mass is 19.4. The Bertz CT molecular complexity index is 169. The van der Waals surface area contributed by atoms with Crippen LogP contribution in [0.3, 0.4) is 0 Å². The zero-order chi connectivity index (χ0) is 11.6. The molecule has 0 amide bonds. The maximum absolute atomic E-state index is 12.0. The fourth-order valence-electron chi connectivity index (χ4n) is 1.08. The molecule has 2 atom stereocenters. The lowest BCUT2D eigenvalue weighted by Crippen LogP contribution is -2.44. The quantitative estimate of drug-likeness (QED) is 0.754. The van der Waals surface area contributed by atoms with E-state index in [2.05, 4.69) is 5.32 Å². The van der Waals surface area contributed by atoms with E-state index in [1.807, 2.05) is 27.7 Å². The van der Waals surface area contributed by atoms with Gasteiger partial charge in [0.25, 0.3) is 0 Å². The summed E-state index contributed by atoms with van der Waals surface area (Å²) in [5, 5.41) is 2.96. The van der Waals surface area contributed by atoms with Gasteiger partial charge in [-0.15, -0.1) is 0 Å². The summed E-state index contributed by atoms with van der Waals surface area (Å²) >= 11 is 0. The molecule has 0 rings (SSSR count). The van der Waals surface area contributed by atoms with Crippen LogP contribution in [0.5, 0.6) is 0 Å². The smallest absolute Gasteiger partial charge is 0.311 e. The number of rotatable bonds is 3. The monoisotopic (exact) mass is 211 g/mol. The van der Waals surface area contributed by atoms with E-state index >= 15 is 0 Å². The van der Waals surface area contributed by atoms with Crippen LogP contribution >= 0.6 is 0 Å². The first kappa shape index (κ1) is 13.8. The van der Waals surface area contributed by atoms with Crippen LogP contribution in [0, 0.1) is 5.41 Å². The molecule has 0 spiro atoms. The van der Waals surface area contributed by atoms with E-state index in [0.29, 0.717) is 0 Å². The van der Waals surface area contributed by atoms with Crippen LogP contribution in [-0.2, 0) is 0 Å². The first-order valence-electron chi connectivity index (χ1n) is 4.85. The molecular formula is C10H20F3N. The zero-order valence-corrected chi connectivity index (χ0v) is 9.50. The predicted molar refractivity (Wildman–Crippen MR) is 52.2 cm³/mol. The predicted octanol–water partition coefficient (Wildman–Crippen LogP) is 3.35. The lowest BCUT2D eigenvalue weighted by Gasteiger charge is -2.31. The van der Waals surface area contributed by atoms with Crippen LogP contribution in [0.4, 0.5) is 13.2 Å². The molecule has 1 N–H and O–H groups in total. The highest BCUT2D eigenvalue weighted by molar-refractivity contribution is 4.79. The van der Waals surface area contributed by atoms with E-state index < -0.39 is 18.6 Å². The van der Waals surface area contributed by atoms with Gasteiger partial charge in [-0.3, -0.25) is 0 Å². The summed E-state index contributed by atoms with van der Waals surface area (Å²) in [4.78, 5) is 0. The highest BCUT2D eigenvalue weighted by Gasteiger charge is 2.31. The molecule has 0 radical (unpaired) electrons. The van der Waals surface area contributed by atoms with E-state index in [1.54, 1.807) is 6.92 Å². The van der Waals surface area contributed by atoms with Crippen molar-refractivity contribution in [3.8, 4) is 0 Å². The molecule has 0 aromatic carbocycles. The van der Waals surface area contributed by atoms with Crippen molar-refractivity contribution < 1.29 is 13.2 Å². The fourth-order valence-corrected chi connectivity index (χ4v) is 1.08. The summed E-state index contributed by atoms with van der Waals surface area (Å²) < 4.78 is 36.0. The molecule has 0 fully saturated rings. The summed E-state index contributed by atoms with van der Waals surface area (Å²) in [5.41, 5.74) is -0.0140. The number of halogens is 3. The van der Waals surface area contributed by atoms with E-state index in [9.17, 15) is 13.2 Å². The van der Waals surface area contributed by atoms with Gasteiger partial charge >= 0.3 is 6.18 Å². The van der Waals surface area contributed by atoms with Gasteiger partial charge < -0.3 is 5.32 Å². The van der Waals surface area contributed by atoms with Crippen LogP contribution in [0.2, 0.25) is 0 Å². The molecule has 0 saturated carbocycles. The van der Waals surface area contributed by atoms with E-state index in [-0.39, 0.29) is 11.5 Å². The molecule has 0 aliphatic carbocycles. The second kappa shape index (κ2) is 4.51. The molecule has 0 aliphatic heterocycles. The number of hydrogen-bond acceptors (Lipinski definition) is 1. The molecule has 0 saturated heterocycles. The van der Waals surface area contributed by atoms with Gasteiger partial charge in [0, 0.05) is 12.1 Å². The van der Waals surface area contributed by atoms with Crippen LogP contribution in [-0.4, -0.2) is 18.3 Å². The molecule has 0 bridgehead atoms. The largest absolute Gasteiger partial charge is 0.390 e. The minimum atomic E-state index is -4.08. The van der Waals surface area contributed by atoms with Gasteiger partial charge in [0.2, 0.25) is 0 Å². The second-order valence-corrected chi connectivity index (χ2v) is 4.97. The fraction of sp³-hybridized carbons (Fsp3) is 1.00. The first-order chi connectivity index (χ1) is 6.02. The van der Waals surface area contributed by atoms with Crippen LogP contribution in [0.1, 0.15) is 41.0 Å². The molecule has 0 aromatic heterocycles. The molecule has 4 heteroatoms. The maximum atomic E-state index is 12.0. The maximum Gasteiger partial charge on any atom is 0.390 e. The Morgan fingerprint density at radius 1 is 1.07 bits per heavy atom. The van der Waals surface area contributed by atoms with Crippen molar-refractivity contribution >= 4 is 0 Å². The van der Waals surface area contributed by atoms with Gasteiger partial charge in [-0.05, 0) is 19.3 Å². The third kappa shape index (κ3) is 6.24. The minimum absolute atomic E-state index is 0.0140. The van der Waals surface area contributed by atoms with E-state index in [1.165, 1.54) is 0 Å². The topological polar surface area (TPSA) is 12.0 Å². The van der Waals surface area contributed by atoms with Crippen molar-refractivity contribution in [1.29, 1.82) is 0 Å². The van der Waals surface area contributed by atoms with Gasteiger partial charge in [-0.2, -0.15) is 13.2 Å². The Hall–Kier alpha value is -0.250. The lowest BCUT2D eigenvalue weighted by molar-refractivity contribution is -0.139. The Morgan fingerprint density at radius 3 is 1.79 bits per heavy atom. The summed E-state index contributed by atoms with van der Waals surface area (Å²) in [6.07, 6.45) is -4.85. The Morgan fingerprint density at radius 2 is 1.50 bits per heavy atom. The number of alkyl halides is 3. The average Bonchev–Trinajstić information content (AvgIpc) is 1.79. The molecule has 86 valence electrons. The van der Waals surface area contributed by atoms with Crippen LogP contribution < -0.4 is 5.32 Å².